The van der Waals surface area contributed by atoms with Gasteiger partial charge in [-0.15, -0.1) is 0 Å². The molecule has 1 saturated carbocycles. The van der Waals surface area contributed by atoms with E-state index >= 15 is 0 Å². The number of hydrogen-bond acceptors (Lipinski definition) is 7. The molecule has 0 radical (unpaired) electrons. The Morgan fingerprint density at radius 2 is 1.74 bits per heavy atom. The zero-order valence-electron chi connectivity index (χ0n) is 18.9. The first-order chi connectivity index (χ1) is 16.3. The van der Waals surface area contributed by atoms with E-state index in [0.29, 0.717) is 25.2 Å². The Morgan fingerprint density at radius 3 is 2.38 bits per heavy atom. The Morgan fingerprint density at radius 1 is 1.06 bits per heavy atom. The molecule has 1 aliphatic carbocycles. The molecule has 0 aliphatic heterocycles. The van der Waals surface area contributed by atoms with E-state index in [9.17, 15) is 23.3 Å². The molecule has 1 fully saturated rings. The first-order valence-corrected chi connectivity index (χ1v) is 12.5. The number of para-hydroxylation sites is 1. The lowest BCUT2D eigenvalue weighted by Gasteiger charge is -2.31. The van der Waals surface area contributed by atoms with Gasteiger partial charge in [-0.05, 0) is 56.2 Å². The van der Waals surface area contributed by atoms with Crippen LogP contribution in [0.25, 0.3) is 0 Å². The highest BCUT2D eigenvalue weighted by molar-refractivity contribution is 7.92. The van der Waals surface area contributed by atoms with Gasteiger partial charge in [-0.25, -0.2) is 13.2 Å². The number of ether oxygens (including phenoxy) is 2. The second-order valence-corrected chi connectivity index (χ2v) is 9.62. The third-order valence-corrected chi connectivity index (χ3v) is 6.85. The number of carbonyl (C=O) groups is 2. The number of nitriles is 1. The Kier molecular flexibility index (Phi) is 8.12. The van der Waals surface area contributed by atoms with Gasteiger partial charge in [0.05, 0.1) is 28.8 Å². The molecule has 2 N–H and O–H groups in total. The van der Waals surface area contributed by atoms with E-state index in [1.807, 2.05) is 6.92 Å². The highest BCUT2D eigenvalue weighted by Crippen LogP contribution is 2.27. The summed E-state index contributed by atoms with van der Waals surface area (Å²) in [6, 6.07) is 14.0. The summed E-state index contributed by atoms with van der Waals surface area (Å²) in [5, 5.41) is 12.2. The SMILES string of the molecule is CCOc1ccc(S(=O)(=O)Nc2ccccc2C(=O)OCC(=O)NC2(C#N)CCCCC2)cc1. The van der Waals surface area contributed by atoms with Crippen LogP contribution in [0.1, 0.15) is 49.4 Å². The molecule has 0 bridgehead atoms. The van der Waals surface area contributed by atoms with Gasteiger partial charge in [0.2, 0.25) is 0 Å². The fourth-order valence-electron chi connectivity index (χ4n) is 3.77. The molecule has 2 aromatic rings. The van der Waals surface area contributed by atoms with Crippen molar-refractivity contribution in [3.8, 4) is 11.8 Å². The zero-order chi connectivity index (χ0) is 24.6. The van der Waals surface area contributed by atoms with Crippen molar-refractivity contribution in [1.82, 2.24) is 5.32 Å². The minimum absolute atomic E-state index is 0.00668. The average molecular weight is 486 g/mol. The van der Waals surface area contributed by atoms with Crippen LogP contribution in [0, 0.1) is 11.3 Å². The van der Waals surface area contributed by atoms with Crippen molar-refractivity contribution in [2.75, 3.05) is 17.9 Å². The molecule has 1 amide bonds. The van der Waals surface area contributed by atoms with Gasteiger partial charge in [-0.3, -0.25) is 9.52 Å². The molecule has 9 nitrogen and oxygen atoms in total. The Balaban J connectivity index is 1.66. The molecular weight excluding hydrogens is 458 g/mol. The van der Waals surface area contributed by atoms with Gasteiger partial charge in [-0.2, -0.15) is 5.26 Å². The summed E-state index contributed by atoms with van der Waals surface area (Å²) in [7, 11) is -3.99. The van der Waals surface area contributed by atoms with Crippen LogP contribution in [0.5, 0.6) is 5.75 Å². The molecule has 0 atom stereocenters. The molecule has 0 unspecified atom stereocenters. The monoisotopic (exact) mass is 485 g/mol. The van der Waals surface area contributed by atoms with Gasteiger partial charge in [0.15, 0.2) is 6.61 Å². The fraction of sp³-hybridized carbons (Fsp3) is 0.375. The number of anilines is 1. The van der Waals surface area contributed by atoms with Gasteiger partial charge < -0.3 is 14.8 Å². The van der Waals surface area contributed by atoms with Crippen molar-refractivity contribution in [3.05, 3.63) is 54.1 Å². The maximum absolute atomic E-state index is 12.8. The van der Waals surface area contributed by atoms with Crippen LogP contribution < -0.4 is 14.8 Å². The van der Waals surface area contributed by atoms with Crippen LogP contribution in [0.2, 0.25) is 0 Å². The summed E-state index contributed by atoms with van der Waals surface area (Å²) in [4.78, 5) is 24.9. The standard InChI is InChI=1S/C24H27N3O6S/c1-2-32-18-10-12-19(13-11-18)34(30,31)27-21-9-5-4-8-20(21)23(29)33-16-22(28)26-24(17-25)14-6-3-7-15-24/h4-5,8-13,27H,2-3,6-7,14-16H2,1H3,(H,26,28). The lowest BCUT2D eigenvalue weighted by atomic mass is 9.83. The molecule has 34 heavy (non-hydrogen) atoms. The van der Waals surface area contributed by atoms with Crippen molar-refractivity contribution in [2.24, 2.45) is 0 Å². The molecule has 1 aliphatic rings. The van der Waals surface area contributed by atoms with Crippen LogP contribution in [0.4, 0.5) is 5.69 Å². The van der Waals surface area contributed by atoms with E-state index in [1.165, 1.54) is 36.4 Å². The molecular formula is C24H27N3O6S. The van der Waals surface area contributed by atoms with Gasteiger partial charge in [0.25, 0.3) is 15.9 Å². The summed E-state index contributed by atoms with van der Waals surface area (Å²) in [5.41, 5.74) is -0.965. The highest BCUT2D eigenvalue weighted by atomic mass is 32.2. The van der Waals surface area contributed by atoms with Crippen LogP contribution in [0.3, 0.4) is 0 Å². The van der Waals surface area contributed by atoms with Crippen LogP contribution >= 0.6 is 0 Å². The lowest BCUT2D eigenvalue weighted by molar-refractivity contribution is -0.125. The number of benzene rings is 2. The second-order valence-electron chi connectivity index (χ2n) is 7.93. The maximum atomic E-state index is 12.8. The number of carbonyl (C=O) groups excluding carboxylic acids is 2. The van der Waals surface area contributed by atoms with Crippen molar-refractivity contribution < 1.29 is 27.5 Å². The van der Waals surface area contributed by atoms with Gasteiger partial charge in [-0.1, -0.05) is 31.4 Å². The quantitative estimate of drug-likeness (QED) is 0.520. The highest BCUT2D eigenvalue weighted by Gasteiger charge is 2.33. The summed E-state index contributed by atoms with van der Waals surface area (Å²) in [6.07, 6.45) is 3.81. The molecule has 3 rings (SSSR count). The van der Waals surface area contributed by atoms with E-state index in [-0.39, 0.29) is 16.1 Å². The van der Waals surface area contributed by atoms with E-state index in [1.54, 1.807) is 12.1 Å². The second kappa shape index (κ2) is 11.0. The number of esters is 1. The van der Waals surface area contributed by atoms with Gasteiger partial charge in [0.1, 0.15) is 11.3 Å². The summed E-state index contributed by atoms with van der Waals surface area (Å²) in [5.74, 6) is -0.908. The summed E-state index contributed by atoms with van der Waals surface area (Å²) in [6.45, 7) is 1.70. The fourth-order valence-corrected chi connectivity index (χ4v) is 4.85. The molecule has 0 aromatic heterocycles. The van der Waals surface area contributed by atoms with E-state index in [4.69, 9.17) is 9.47 Å². The first-order valence-electron chi connectivity index (χ1n) is 11.0. The number of nitrogens with zero attached hydrogens (tertiary/aromatic N) is 1. The lowest BCUT2D eigenvalue weighted by Crippen LogP contribution is -2.50. The smallest absolute Gasteiger partial charge is 0.340 e. The van der Waals surface area contributed by atoms with Crippen molar-refractivity contribution in [1.29, 1.82) is 5.26 Å². The van der Waals surface area contributed by atoms with E-state index in [0.717, 1.165) is 19.3 Å². The third-order valence-electron chi connectivity index (χ3n) is 5.47. The maximum Gasteiger partial charge on any atom is 0.340 e. The molecule has 180 valence electrons. The summed E-state index contributed by atoms with van der Waals surface area (Å²) >= 11 is 0. The molecule has 2 aromatic carbocycles. The molecule has 0 heterocycles. The topological polar surface area (TPSA) is 135 Å². The number of nitrogens with one attached hydrogen (secondary N) is 2. The van der Waals surface area contributed by atoms with Crippen molar-refractivity contribution in [3.63, 3.8) is 0 Å². The largest absolute Gasteiger partial charge is 0.494 e. The zero-order valence-corrected chi connectivity index (χ0v) is 19.7. The number of sulfonamides is 1. The molecule has 0 spiro atoms. The van der Waals surface area contributed by atoms with E-state index < -0.39 is 34.0 Å². The number of hydrogen-bond donors (Lipinski definition) is 2. The van der Waals surface area contributed by atoms with Gasteiger partial charge >= 0.3 is 5.97 Å². The normalized spacial score (nSPS) is 14.9. The predicted molar refractivity (Wildman–Crippen MR) is 125 cm³/mol. The van der Waals surface area contributed by atoms with Crippen LogP contribution in [0.15, 0.2) is 53.4 Å². The minimum atomic E-state index is -3.99. The van der Waals surface area contributed by atoms with Gasteiger partial charge in [0, 0.05) is 0 Å². The first kappa shape index (κ1) is 25.1. The minimum Gasteiger partial charge on any atom is -0.494 e. The van der Waals surface area contributed by atoms with Crippen molar-refractivity contribution in [2.45, 2.75) is 49.5 Å². The van der Waals surface area contributed by atoms with Crippen molar-refractivity contribution >= 4 is 27.6 Å². The van der Waals surface area contributed by atoms with E-state index in [2.05, 4.69) is 16.1 Å². The van der Waals surface area contributed by atoms with Crippen LogP contribution in [-0.2, 0) is 19.6 Å². The number of amides is 1. The number of rotatable bonds is 9. The summed E-state index contributed by atoms with van der Waals surface area (Å²) < 4.78 is 38.4. The Hall–Kier alpha value is -3.58. The Labute approximate surface area is 199 Å². The predicted octanol–water partition coefficient (Wildman–Crippen LogP) is 3.39. The third kappa shape index (κ3) is 6.26. The average Bonchev–Trinajstić information content (AvgIpc) is 2.84. The Bertz CT molecular complexity index is 1170. The molecule has 0 saturated heterocycles. The van der Waals surface area contributed by atoms with Crippen LogP contribution in [-0.4, -0.2) is 39.0 Å². The molecule has 10 heteroatoms.